The molecule has 0 unspecified atom stereocenters. The summed E-state index contributed by atoms with van der Waals surface area (Å²) in [6, 6.07) is 4.44. The molecule has 0 aliphatic carbocycles. The van der Waals surface area contributed by atoms with Crippen LogP contribution in [-0.4, -0.2) is 11.6 Å². The van der Waals surface area contributed by atoms with Crippen LogP contribution in [0.2, 0.25) is 0 Å². The zero-order valence-electron chi connectivity index (χ0n) is 10.1. The van der Waals surface area contributed by atoms with E-state index in [0.717, 1.165) is 0 Å². The predicted molar refractivity (Wildman–Crippen MR) is 60.9 cm³/mol. The molecule has 0 saturated heterocycles. The van der Waals surface area contributed by atoms with E-state index in [1.807, 2.05) is 6.92 Å². The maximum Gasteiger partial charge on any atom is 0.338 e. The molecule has 2 nitrogen and oxygen atoms in total. The summed E-state index contributed by atoms with van der Waals surface area (Å²) in [4.78, 5) is 11.6. The molecule has 0 saturated carbocycles. The Morgan fingerprint density at radius 1 is 1.38 bits per heavy atom. The normalized spacial score (nSPS) is 11.3. The van der Waals surface area contributed by atoms with Crippen molar-refractivity contribution in [2.24, 2.45) is 0 Å². The number of rotatable bonds is 2. The van der Waals surface area contributed by atoms with Crippen molar-refractivity contribution in [3.8, 4) is 0 Å². The zero-order valence-corrected chi connectivity index (χ0v) is 10.1. The Balaban J connectivity index is 2.89. The third kappa shape index (κ3) is 3.33. The van der Waals surface area contributed by atoms with Gasteiger partial charge in [-0.25, -0.2) is 9.18 Å². The molecule has 0 aromatic heterocycles. The molecular formula is C13H17FO2. The number of hydrogen-bond donors (Lipinski definition) is 0. The van der Waals surface area contributed by atoms with Gasteiger partial charge in [0.2, 0.25) is 0 Å². The third-order valence-corrected chi connectivity index (χ3v) is 2.07. The summed E-state index contributed by atoms with van der Waals surface area (Å²) in [5.74, 6) is -0.847. The van der Waals surface area contributed by atoms with Gasteiger partial charge in [-0.15, -0.1) is 0 Å². The van der Waals surface area contributed by atoms with Crippen molar-refractivity contribution >= 4 is 5.97 Å². The smallest absolute Gasteiger partial charge is 0.338 e. The van der Waals surface area contributed by atoms with Crippen LogP contribution in [0, 0.1) is 5.82 Å². The van der Waals surface area contributed by atoms with Gasteiger partial charge in [0.25, 0.3) is 0 Å². The van der Waals surface area contributed by atoms with Gasteiger partial charge < -0.3 is 4.74 Å². The van der Waals surface area contributed by atoms with Crippen LogP contribution in [0.1, 0.15) is 43.6 Å². The molecule has 0 heterocycles. The standard InChI is InChI=1S/C13H17FO2/c1-5-9-6-7-10(8-11(9)14)12(15)16-13(2,3)4/h6-8H,5H2,1-4H3. The van der Waals surface area contributed by atoms with Crippen molar-refractivity contribution in [1.29, 1.82) is 0 Å². The fourth-order valence-electron chi connectivity index (χ4n) is 1.30. The summed E-state index contributed by atoms with van der Waals surface area (Å²) in [5.41, 5.74) is 0.300. The van der Waals surface area contributed by atoms with Gasteiger partial charge >= 0.3 is 5.97 Å². The quantitative estimate of drug-likeness (QED) is 0.720. The maximum atomic E-state index is 13.4. The van der Waals surface area contributed by atoms with E-state index in [1.54, 1.807) is 32.9 Å². The summed E-state index contributed by atoms with van der Waals surface area (Å²) in [6.45, 7) is 7.20. The lowest BCUT2D eigenvalue weighted by atomic mass is 10.1. The monoisotopic (exact) mass is 224 g/mol. The van der Waals surface area contributed by atoms with Gasteiger partial charge in [-0.05, 0) is 44.9 Å². The molecule has 1 rings (SSSR count). The molecule has 0 atom stereocenters. The molecule has 0 bridgehead atoms. The van der Waals surface area contributed by atoms with Crippen molar-refractivity contribution < 1.29 is 13.9 Å². The number of aryl methyl sites for hydroxylation is 1. The van der Waals surface area contributed by atoms with E-state index < -0.39 is 11.6 Å². The van der Waals surface area contributed by atoms with E-state index in [4.69, 9.17) is 4.74 Å². The Morgan fingerprint density at radius 3 is 2.44 bits per heavy atom. The summed E-state index contributed by atoms with van der Waals surface area (Å²) in [6.07, 6.45) is 0.612. The SMILES string of the molecule is CCc1ccc(C(=O)OC(C)(C)C)cc1F. The van der Waals surface area contributed by atoms with E-state index in [-0.39, 0.29) is 11.4 Å². The molecule has 0 N–H and O–H groups in total. The number of ether oxygens (including phenoxy) is 1. The number of hydrogen-bond acceptors (Lipinski definition) is 2. The zero-order chi connectivity index (χ0) is 12.3. The molecule has 0 aliphatic rings. The van der Waals surface area contributed by atoms with E-state index in [9.17, 15) is 9.18 Å². The highest BCUT2D eigenvalue weighted by molar-refractivity contribution is 5.89. The molecule has 3 heteroatoms. The van der Waals surface area contributed by atoms with Gasteiger partial charge in [-0.2, -0.15) is 0 Å². The highest BCUT2D eigenvalue weighted by Gasteiger charge is 2.18. The summed E-state index contributed by atoms with van der Waals surface area (Å²) in [7, 11) is 0. The summed E-state index contributed by atoms with van der Waals surface area (Å²) < 4.78 is 18.6. The van der Waals surface area contributed by atoms with Gasteiger partial charge in [0.1, 0.15) is 11.4 Å². The predicted octanol–water partition coefficient (Wildman–Crippen LogP) is 3.34. The van der Waals surface area contributed by atoms with Gasteiger partial charge in [0.05, 0.1) is 5.56 Å². The van der Waals surface area contributed by atoms with Crippen LogP contribution in [0.3, 0.4) is 0 Å². The van der Waals surface area contributed by atoms with Crippen LogP contribution in [0.15, 0.2) is 18.2 Å². The van der Waals surface area contributed by atoms with Crippen LogP contribution in [0.5, 0.6) is 0 Å². The highest BCUT2D eigenvalue weighted by atomic mass is 19.1. The van der Waals surface area contributed by atoms with E-state index >= 15 is 0 Å². The van der Waals surface area contributed by atoms with E-state index in [0.29, 0.717) is 12.0 Å². The van der Waals surface area contributed by atoms with E-state index in [2.05, 4.69) is 0 Å². The Morgan fingerprint density at radius 2 is 2.00 bits per heavy atom. The van der Waals surface area contributed by atoms with Gasteiger partial charge in [-0.1, -0.05) is 13.0 Å². The van der Waals surface area contributed by atoms with Gasteiger partial charge in [0.15, 0.2) is 0 Å². The summed E-state index contributed by atoms with van der Waals surface area (Å²) >= 11 is 0. The first-order valence-corrected chi connectivity index (χ1v) is 5.35. The van der Waals surface area contributed by atoms with Gasteiger partial charge in [0, 0.05) is 0 Å². The minimum atomic E-state index is -0.559. The average molecular weight is 224 g/mol. The lowest BCUT2D eigenvalue weighted by Crippen LogP contribution is -2.24. The lowest BCUT2D eigenvalue weighted by Gasteiger charge is -2.19. The van der Waals surface area contributed by atoms with Crippen molar-refractivity contribution in [2.45, 2.75) is 39.7 Å². The molecular weight excluding hydrogens is 207 g/mol. The minimum absolute atomic E-state index is 0.254. The van der Waals surface area contributed by atoms with Crippen LogP contribution in [-0.2, 0) is 11.2 Å². The first-order valence-electron chi connectivity index (χ1n) is 5.35. The molecule has 0 fully saturated rings. The fourth-order valence-corrected chi connectivity index (χ4v) is 1.30. The van der Waals surface area contributed by atoms with Crippen molar-refractivity contribution in [2.75, 3.05) is 0 Å². The topological polar surface area (TPSA) is 26.3 Å². The number of carbonyl (C=O) groups is 1. The van der Waals surface area contributed by atoms with Crippen LogP contribution in [0.25, 0.3) is 0 Å². The third-order valence-electron chi connectivity index (χ3n) is 2.07. The van der Waals surface area contributed by atoms with Gasteiger partial charge in [-0.3, -0.25) is 0 Å². The second kappa shape index (κ2) is 4.64. The highest BCUT2D eigenvalue weighted by Crippen LogP contribution is 2.15. The fraction of sp³-hybridized carbons (Fsp3) is 0.462. The molecule has 1 aromatic rings. The first-order chi connectivity index (χ1) is 7.33. The molecule has 0 amide bonds. The maximum absolute atomic E-state index is 13.4. The first kappa shape index (κ1) is 12.7. The molecule has 0 spiro atoms. The molecule has 16 heavy (non-hydrogen) atoms. The number of carbonyl (C=O) groups excluding carboxylic acids is 1. The Labute approximate surface area is 95.4 Å². The minimum Gasteiger partial charge on any atom is -0.456 e. The van der Waals surface area contributed by atoms with E-state index in [1.165, 1.54) is 6.07 Å². The molecule has 0 aliphatic heterocycles. The Kier molecular flexibility index (Phi) is 3.68. The van der Waals surface area contributed by atoms with Crippen LogP contribution >= 0.6 is 0 Å². The van der Waals surface area contributed by atoms with Crippen LogP contribution < -0.4 is 0 Å². The van der Waals surface area contributed by atoms with Crippen molar-refractivity contribution in [3.05, 3.63) is 35.1 Å². The molecule has 88 valence electrons. The number of halogens is 1. The second-order valence-corrected chi connectivity index (χ2v) is 4.66. The number of esters is 1. The molecule has 1 aromatic carbocycles. The largest absolute Gasteiger partial charge is 0.456 e. The summed E-state index contributed by atoms with van der Waals surface area (Å²) in [5, 5.41) is 0. The second-order valence-electron chi connectivity index (χ2n) is 4.66. The lowest BCUT2D eigenvalue weighted by molar-refractivity contribution is 0.00690. The number of benzene rings is 1. The Bertz CT molecular complexity index is 391. The molecule has 0 radical (unpaired) electrons. The average Bonchev–Trinajstić information content (AvgIpc) is 2.15. The van der Waals surface area contributed by atoms with Crippen molar-refractivity contribution in [3.63, 3.8) is 0 Å². The Hall–Kier alpha value is -1.38. The van der Waals surface area contributed by atoms with Crippen molar-refractivity contribution in [1.82, 2.24) is 0 Å². The van der Waals surface area contributed by atoms with Crippen LogP contribution in [0.4, 0.5) is 4.39 Å².